The molecule has 1 N–H and O–H groups in total. The summed E-state index contributed by atoms with van der Waals surface area (Å²) in [6, 6.07) is 4.10. The first-order valence-electron chi connectivity index (χ1n) is 7.42. The lowest BCUT2D eigenvalue weighted by molar-refractivity contribution is 0.141. The lowest BCUT2D eigenvalue weighted by Gasteiger charge is -2.25. The Labute approximate surface area is 122 Å². The van der Waals surface area contributed by atoms with Crippen molar-refractivity contribution in [2.45, 2.75) is 20.8 Å². The highest BCUT2D eigenvalue weighted by atomic mass is 16.5. The third-order valence-electron chi connectivity index (χ3n) is 2.89. The van der Waals surface area contributed by atoms with Gasteiger partial charge < -0.3 is 19.7 Å². The van der Waals surface area contributed by atoms with Crippen molar-refractivity contribution in [2.24, 2.45) is 0 Å². The second-order valence-corrected chi connectivity index (χ2v) is 4.31. The molecule has 5 heteroatoms. The molecular formula is C15H27N3O2. The van der Waals surface area contributed by atoms with E-state index in [-0.39, 0.29) is 0 Å². The molecule has 0 aliphatic rings. The number of rotatable bonds is 11. The van der Waals surface area contributed by atoms with Crippen LogP contribution in [0.4, 0.5) is 11.5 Å². The van der Waals surface area contributed by atoms with Crippen LogP contribution in [0, 0.1) is 0 Å². The van der Waals surface area contributed by atoms with Crippen LogP contribution in [0.25, 0.3) is 0 Å². The van der Waals surface area contributed by atoms with Gasteiger partial charge in [0.15, 0.2) is 0 Å². The van der Waals surface area contributed by atoms with Gasteiger partial charge in [-0.2, -0.15) is 0 Å². The average Bonchev–Trinajstić information content (AvgIpc) is 2.47. The number of pyridine rings is 1. The predicted molar refractivity (Wildman–Crippen MR) is 83.6 cm³/mol. The minimum atomic E-state index is 0.724. The van der Waals surface area contributed by atoms with E-state index in [1.807, 2.05) is 26.1 Å². The molecule has 1 aromatic rings. The highest BCUT2D eigenvalue weighted by Gasteiger charge is 2.07. The minimum Gasteiger partial charge on any atom is -0.380 e. The van der Waals surface area contributed by atoms with Gasteiger partial charge in [0.05, 0.1) is 13.2 Å². The number of nitrogens with one attached hydrogen (secondary N) is 1. The molecule has 0 fully saturated rings. The maximum atomic E-state index is 5.46. The van der Waals surface area contributed by atoms with Gasteiger partial charge in [0.25, 0.3) is 0 Å². The lowest BCUT2D eigenvalue weighted by atomic mass is 10.3. The molecule has 0 radical (unpaired) electrons. The minimum absolute atomic E-state index is 0.724. The molecule has 114 valence electrons. The second kappa shape index (κ2) is 10.5. The summed E-state index contributed by atoms with van der Waals surface area (Å²) in [5.74, 6) is 0.905. The standard InChI is InChI=1S/C15H27N3O2/c1-4-16-15-13-14(7-8-17-15)18(9-11-19-5-2)10-12-20-6-3/h7-8,13H,4-6,9-12H2,1-3H3,(H,16,17). The molecule has 1 aromatic heterocycles. The summed E-state index contributed by atoms with van der Waals surface area (Å²) in [5, 5.41) is 3.24. The van der Waals surface area contributed by atoms with Crippen molar-refractivity contribution in [3.8, 4) is 0 Å². The van der Waals surface area contributed by atoms with Gasteiger partial charge in [-0.3, -0.25) is 0 Å². The molecule has 1 rings (SSSR count). The van der Waals surface area contributed by atoms with Crippen molar-refractivity contribution in [3.63, 3.8) is 0 Å². The smallest absolute Gasteiger partial charge is 0.127 e. The summed E-state index contributed by atoms with van der Waals surface area (Å²) in [5.41, 5.74) is 1.15. The van der Waals surface area contributed by atoms with E-state index in [1.54, 1.807) is 0 Å². The van der Waals surface area contributed by atoms with Gasteiger partial charge in [-0.05, 0) is 26.8 Å². The normalized spacial score (nSPS) is 10.6. The summed E-state index contributed by atoms with van der Waals surface area (Å²) < 4.78 is 10.9. The Bertz CT molecular complexity index is 351. The predicted octanol–water partition coefficient (Wildman–Crippen LogP) is 2.39. The molecule has 5 nitrogen and oxygen atoms in total. The lowest BCUT2D eigenvalue weighted by Crippen LogP contribution is -2.31. The van der Waals surface area contributed by atoms with Gasteiger partial charge in [0, 0.05) is 50.8 Å². The Morgan fingerprint density at radius 3 is 2.30 bits per heavy atom. The molecule has 0 saturated heterocycles. The van der Waals surface area contributed by atoms with E-state index >= 15 is 0 Å². The van der Waals surface area contributed by atoms with Crippen molar-refractivity contribution in [1.82, 2.24) is 4.98 Å². The molecule has 1 heterocycles. The fraction of sp³-hybridized carbons (Fsp3) is 0.667. The van der Waals surface area contributed by atoms with Crippen LogP contribution in [0.2, 0.25) is 0 Å². The second-order valence-electron chi connectivity index (χ2n) is 4.31. The SMILES string of the molecule is CCNc1cc(N(CCOCC)CCOCC)ccn1. The molecule has 0 atom stereocenters. The molecule has 20 heavy (non-hydrogen) atoms. The topological polar surface area (TPSA) is 46.6 Å². The molecule has 0 bridgehead atoms. The average molecular weight is 281 g/mol. The molecule has 0 aromatic carbocycles. The van der Waals surface area contributed by atoms with Gasteiger partial charge in [-0.25, -0.2) is 4.98 Å². The first kappa shape index (κ1) is 16.7. The monoisotopic (exact) mass is 281 g/mol. The number of ether oxygens (including phenoxy) is 2. The highest BCUT2D eigenvalue weighted by Crippen LogP contribution is 2.17. The van der Waals surface area contributed by atoms with Crippen molar-refractivity contribution < 1.29 is 9.47 Å². The largest absolute Gasteiger partial charge is 0.380 e. The van der Waals surface area contributed by atoms with E-state index < -0.39 is 0 Å². The van der Waals surface area contributed by atoms with Gasteiger partial charge in [0.1, 0.15) is 5.82 Å². The van der Waals surface area contributed by atoms with Crippen LogP contribution in [0.5, 0.6) is 0 Å². The number of nitrogens with zero attached hydrogens (tertiary/aromatic N) is 2. The number of aromatic nitrogens is 1. The molecular weight excluding hydrogens is 254 g/mol. The zero-order valence-corrected chi connectivity index (χ0v) is 12.9. The molecule has 0 unspecified atom stereocenters. The van der Waals surface area contributed by atoms with E-state index in [0.29, 0.717) is 0 Å². The quantitative estimate of drug-likeness (QED) is 0.631. The zero-order chi connectivity index (χ0) is 14.6. The Morgan fingerprint density at radius 2 is 1.75 bits per heavy atom. The van der Waals surface area contributed by atoms with Crippen LogP contribution in [-0.4, -0.2) is 51.0 Å². The summed E-state index contributed by atoms with van der Waals surface area (Å²) in [7, 11) is 0. The van der Waals surface area contributed by atoms with E-state index in [2.05, 4.69) is 28.2 Å². The number of anilines is 2. The van der Waals surface area contributed by atoms with E-state index in [4.69, 9.17) is 9.47 Å². The van der Waals surface area contributed by atoms with Crippen LogP contribution in [-0.2, 0) is 9.47 Å². The van der Waals surface area contributed by atoms with Crippen LogP contribution < -0.4 is 10.2 Å². The first-order valence-corrected chi connectivity index (χ1v) is 7.42. The third kappa shape index (κ3) is 6.21. The van der Waals surface area contributed by atoms with Crippen LogP contribution in [0.3, 0.4) is 0 Å². The Balaban J connectivity index is 2.65. The Morgan fingerprint density at radius 1 is 1.10 bits per heavy atom. The fourth-order valence-electron chi connectivity index (χ4n) is 1.90. The van der Waals surface area contributed by atoms with Gasteiger partial charge in [-0.1, -0.05) is 0 Å². The van der Waals surface area contributed by atoms with Crippen LogP contribution in [0.15, 0.2) is 18.3 Å². The summed E-state index contributed by atoms with van der Waals surface area (Å²) in [6.45, 7) is 11.6. The highest BCUT2D eigenvalue weighted by molar-refractivity contribution is 5.53. The third-order valence-corrected chi connectivity index (χ3v) is 2.89. The molecule has 0 amide bonds. The van der Waals surface area contributed by atoms with Gasteiger partial charge in [0.2, 0.25) is 0 Å². The Hall–Kier alpha value is -1.33. The fourth-order valence-corrected chi connectivity index (χ4v) is 1.90. The number of hydrogen-bond donors (Lipinski definition) is 1. The van der Waals surface area contributed by atoms with E-state index in [9.17, 15) is 0 Å². The van der Waals surface area contributed by atoms with Crippen molar-refractivity contribution >= 4 is 11.5 Å². The van der Waals surface area contributed by atoms with Crippen molar-refractivity contribution in [1.29, 1.82) is 0 Å². The Kier molecular flexibility index (Phi) is 8.74. The first-order chi connectivity index (χ1) is 9.81. The summed E-state index contributed by atoms with van der Waals surface area (Å²) >= 11 is 0. The maximum absolute atomic E-state index is 5.46. The van der Waals surface area contributed by atoms with Crippen LogP contribution in [0.1, 0.15) is 20.8 Å². The molecule has 0 aliphatic carbocycles. The van der Waals surface area contributed by atoms with Gasteiger partial charge in [-0.15, -0.1) is 0 Å². The molecule has 0 saturated carbocycles. The van der Waals surface area contributed by atoms with Crippen molar-refractivity contribution in [3.05, 3.63) is 18.3 Å². The van der Waals surface area contributed by atoms with Crippen LogP contribution >= 0.6 is 0 Å². The summed E-state index contributed by atoms with van der Waals surface area (Å²) in [4.78, 5) is 6.58. The molecule has 0 aliphatic heterocycles. The van der Waals surface area contributed by atoms with Gasteiger partial charge >= 0.3 is 0 Å². The summed E-state index contributed by atoms with van der Waals surface area (Å²) in [6.07, 6.45) is 1.84. The number of hydrogen-bond acceptors (Lipinski definition) is 5. The van der Waals surface area contributed by atoms with E-state index in [1.165, 1.54) is 0 Å². The maximum Gasteiger partial charge on any atom is 0.127 e. The van der Waals surface area contributed by atoms with Crippen molar-refractivity contribution in [2.75, 3.05) is 56.3 Å². The van der Waals surface area contributed by atoms with E-state index in [0.717, 1.165) is 57.6 Å². The molecule has 0 spiro atoms. The zero-order valence-electron chi connectivity index (χ0n) is 12.9.